The average molecular weight is 478 g/mol. The number of nitrogens with zero attached hydrogens (tertiary/aromatic N) is 3. The maximum atomic E-state index is 13.9. The summed E-state index contributed by atoms with van der Waals surface area (Å²) in [4.78, 5) is 21.1. The molecule has 0 aliphatic carbocycles. The van der Waals surface area contributed by atoms with Crippen LogP contribution in [-0.2, 0) is 0 Å². The highest BCUT2D eigenvalue weighted by Gasteiger charge is 2.32. The molecule has 2 fully saturated rings. The van der Waals surface area contributed by atoms with E-state index in [2.05, 4.69) is 10.3 Å². The molecule has 3 heterocycles. The number of allylic oxidation sites excluding steroid dienone is 2. The van der Waals surface area contributed by atoms with Gasteiger partial charge in [0.15, 0.2) is 0 Å². The molecule has 0 aromatic heterocycles. The van der Waals surface area contributed by atoms with Gasteiger partial charge in [0.25, 0.3) is 5.91 Å². The Balaban J connectivity index is 1.48. The highest BCUT2D eigenvalue weighted by atomic mass is 35.5. The Bertz CT molecular complexity index is 1080. The third-order valence-corrected chi connectivity index (χ3v) is 6.48. The number of ether oxygens (including phenoxy) is 1. The van der Waals surface area contributed by atoms with Crippen LogP contribution in [-0.4, -0.2) is 72.6 Å². The zero-order chi connectivity index (χ0) is 23.7. The van der Waals surface area contributed by atoms with Crippen molar-refractivity contribution in [1.29, 1.82) is 5.41 Å². The van der Waals surface area contributed by atoms with Gasteiger partial charge in [-0.15, -0.1) is 0 Å². The topological polar surface area (TPSA) is 81.0 Å². The molecular formula is C23H26ClF2N5O2. The van der Waals surface area contributed by atoms with Crippen LogP contribution in [0.15, 0.2) is 45.3 Å². The number of carbonyl (C=O) groups excluding carboxylic acids is 1. The SMILES string of the molecule is CC1=N/C(=C2\CN(C(=O)c3ccc(F)cc3OCCN3CCC(F)C3)CC2=N)NC(C)=C1Cl. The molecule has 1 unspecified atom stereocenters. The molecule has 1 amide bonds. The fourth-order valence-corrected chi connectivity index (χ4v) is 4.21. The number of benzene rings is 1. The summed E-state index contributed by atoms with van der Waals surface area (Å²) in [6.45, 7) is 5.62. The van der Waals surface area contributed by atoms with Crippen molar-refractivity contribution in [3.8, 4) is 5.75 Å². The molecule has 176 valence electrons. The van der Waals surface area contributed by atoms with E-state index >= 15 is 0 Å². The van der Waals surface area contributed by atoms with Crippen molar-refractivity contribution < 1.29 is 18.3 Å². The lowest BCUT2D eigenvalue weighted by molar-refractivity contribution is 0.0799. The summed E-state index contributed by atoms with van der Waals surface area (Å²) < 4.78 is 33.0. The molecule has 1 atom stereocenters. The molecule has 0 radical (unpaired) electrons. The number of halogens is 3. The molecule has 0 spiro atoms. The molecule has 2 N–H and O–H groups in total. The number of aliphatic imine (C=N–C) groups is 1. The van der Waals surface area contributed by atoms with E-state index in [9.17, 15) is 13.6 Å². The molecule has 4 rings (SSSR count). The van der Waals surface area contributed by atoms with Crippen molar-refractivity contribution in [1.82, 2.24) is 15.1 Å². The summed E-state index contributed by atoms with van der Waals surface area (Å²) in [5.41, 5.74) is 2.46. The van der Waals surface area contributed by atoms with Gasteiger partial charge in [0.1, 0.15) is 30.2 Å². The minimum atomic E-state index is -0.827. The van der Waals surface area contributed by atoms with E-state index in [4.69, 9.17) is 21.7 Å². The van der Waals surface area contributed by atoms with Gasteiger partial charge in [-0.05, 0) is 32.4 Å². The predicted molar refractivity (Wildman–Crippen MR) is 123 cm³/mol. The van der Waals surface area contributed by atoms with Gasteiger partial charge in [0.2, 0.25) is 0 Å². The van der Waals surface area contributed by atoms with E-state index in [1.54, 1.807) is 6.92 Å². The van der Waals surface area contributed by atoms with Crippen LogP contribution in [0.5, 0.6) is 5.75 Å². The van der Waals surface area contributed by atoms with Crippen LogP contribution in [0.25, 0.3) is 0 Å². The van der Waals surface area contributed by atoms with E-state index in [1.807, 2.05) is 11.8 Å². The number of rotatable bonds is 5. The Kier molecular flexibility index (Phi) is 6.81. The van der Waals surface area contributed by atoms with Crippen molar-refractivity contribution >= 4 is 28.9 Å². The molecule has 1 aromatic carbocycles. The van der Waals surface area contributed by atoms with Crippen LogP contribution in [0.1, 0.15) is 30.6 Å². The largest absolute Gasteiger partial charge is 0.491 e. The van der Waals surface area contributed by atoms with Gasteiger partial charge in [0, 0.05) is 37.0 Å². The molecule has 10 heteroatoms. The molecule has 3 aliphatic heterocycles. The lowest BCUT2D eigenvalue weighted by atomic mass is 10.1. The summed E-state index contributed by atoms with van der Waals surface area (Å²) in [5, 5.41) is 12.0. The molecule has 1 aromatic rings. The third kappa shape index (κ3) is 5.09. The number of hydrogen-bond acceptors (Lipinski definition) is 6. The molecule has 0 bridgehead atoms. The van der Waals surface area contributed by atoms with Crippen LogP contribution >= 0.6 is 11.6 Å². The van der Waals surface area contributed by atoms with Gasteiger partial charge in [0.05, 0.1) is 35.1 Å². The second-order valence-corrected chi connectivity index (χ2v) is 8.78. The van der Waals surface area contributed by atoms with Crippen molar-refractivity contribution in [2.24, 2.45) is 4.99 Å². The Morgan fingerprint density at radius 3 is 2.85 bits per heavy atom. The summed E-state index contributed by atoms with van der Waals surface area (Å²) in [6.07, 6.45) is -0.324. The Morgan fingerprint density at radius 2 is 2.15 bits per heavy atom. The molecule has 0 saturated carbocycles. The van der Waals surface area contributed by atoms with Crippen LogP contribution < -0.4 is 10.1 Å². The quantitative estimate of drug-likeness (QED) is 0.680. The third-order valence-electron chi connectivity index (χ3n) is 5.92. The highest BCUT2D eigenvalue weighted by Crippen LogP contribution is 2.27. The average Bonchev–Trinajstić information content (AvgIpc) is 3.36. The lowest BCUT2D eigenvalue weighted by Gasteiger charge is -2.20. The van der Waals surface area contributed by atoms with Gasteiger partial charge >= 0.3 is 0 Å². The number of likely N-dealkylation sites (tertiary alicyclic amines) is 2. The summed E-state index contributed by atoms with van der Waals surface area (Å²) in [6, 6.07) is 3.78. The van der Waals surface area contributed by atoms with Gasteiger partial charge in [-0.3, -0.25) is 9.69 Å². The summed E-state index contributed by atoms with van der Waals surface area (Å²) in [7, 11) is 0. The number of hydrogen-bond donors (Lipinski definition) is 2. The zero-order valence-corrected chi connectivity index (χ0v) is 19.3. The van der Waals surface area contributed by atoms with E-state index in [0.29, 0.717) is 48.2 Å². The van der Waals surface area contributed by atoms with Crippen molar-refractivity contribution in [3.63, 3.8) is 0 Å². The van der Waals surface area contributed by atoms with Crippen LogP contribution in [0, 0.1) is 11.2 Å². The fourth-order valence-electron chi connectivity index (χ4n) is 4.12. The Hall–Kier alpha value is -2.78. The second kappa shape index (κ2) is 9.61. The first-order chi connectivity index (χ1) is 15.7. The lowest BCUT2D eigenvalue weighted by Crippen LogP contribution is -2.30. The van der Waals surface area contributed by atoms with Crippen molar-refractivity contribution in [2.45, 2.75) is 26.4 Å². The second-order valence-electron chi connectivity index (χ2n) is 8.40. The highest BCUT2D eigenvalue weighted by molar-refractivity contribution is 6.43. The summed E-state index contributed by atoms with van der Waals surface area (Å²) in [5.74, 6) is -0.239. The van der Waals surface area contributed by atoms with Crippen LogP contribution in [0.4, 0.5) is 8.78 Å². The van der Waals surface area contributed by atoms with Crippen molar-refractivity contribution in [2.75, 3.05) is 39.3 Å². The molecule has 3 aliphatic rings. The minimum absolute atomic E-state index is 0.104. The first kappa shape index (κ1) is 23.4. The van der Waals surface area contributed by atoms with Gasteiger partial charge in [-0.2, -0.15) is 0 Å². The molecule has 7 nitrogen and oxygen atoms in total. The Morgan fingerprint density at radius 1 is 1.36 bits per heavy atom. The maximum Gasteiger partial charge on any atom is 0.258 e. The summed E-state index contributed by atoms with van der Waals surface area (Å²) >= 11 is 6.18. The fraction of sp³-hybridized carbons (Fsp3) is 0.435. The van der Waals surface area contributed by atoms with E-state index < -0.39 is 12.0 Å². The van der Waals surface area contributed by atoms with E-state index in [-0.39, 0.29) is 42.6 Å². The number of alkyl halides is 1. The zero-order valence-electron chi connectivity index (χ0n) is 18.6. The Labute approximate surface area is 196 Å². The first-order valence-corrected chi connectivity index (χ1v) is 11.2. The normalized spacial score (nSPS) is 23.8. The van der Waals surface area contributed by atoms with E-state index in [0.717, 1.165) is 5.70 Å². The van der Waals surface area contributed by atoms with E-state index in [1.165, 1.54) is 23.1 Å². The standard InChI is InChI=1S/C23H26ClF2N5O2/c1-13-21(24)14(2)29-22(28-13)18-11-31(12-19(18)27)23(32)17-4-3-15(25)9-20(17)33-8-7-30-6-5-16(26)10-30/h3-4,9,16,27-28H,5-8,10-12H2,1-2H3/b22-18+,27-19?. The smallest absolute Gasteiger partial charge is 0.258 e. The van der Waals surface area contributed by atoms with Gasteiger partial charge < -0.3 is 20.4 Å². The molecule has 2 saturated heterocycles. The minimum Gasteiger partial charge on any atom is -0.491 e. The van der Waals surface area contributed by atoms with Crippen LogP contribution in [0.2, 0.25) is 0 Å². The van der Waals surface area contributed by atoms with Crippen LogP contribution in [0.3, 0.4) is 0 Å². The van der Waals surface area contributed by atoms with Gasteiger partial charge in [-0.25, -0.2) is 13.8 Å². The number of amides is 1. The van der Waals surface area contributed by atoms with Crippen molar-refractivity contribution in [3.05, 3.63) is 51.7 Å². The monoisotopic (exact) mass is 477 g/mol. The predicted octanol–water partition coefficient (Wildman–Crippen LogP) is 3.47. The van der Waals surface area contributed by atoms with Gasteiger partial charge in [-0.1, -0.05) is 11.6 Å². The maximum absolute atomic E-state index is 13.9. The molecule has 33 heavy (non-hydrogen) atoms. The number of nitrogens with one attached hydrogen (secondary N) is 2. The first-order valence-electron chi connectivity index (χ1n) is 10.8. The molecular weight excluding hydrogens is 452 g/mol. The number of carbonyl (C=O) groups is 1.